The zero-order valence-electron chi connectivity index (χ0n) is 13.5. The molecule has 4 fully saturated rings. The van der Waals surface area contributed by atoms with Crippen LogP contribution in [0.15, 0.2) is 24.5 Å². The molecule has 0 atom stereocenters. The van der Waals surface area contributed by atoms with Gasteiger partial charge in [0, 0.05) is 12.1 Å². The maximum atomic E-state index is 12.8. The zero-order valence-corrected chi connectivity index (χ0v) is 13.5. The van der Waals surface area contributed by atoms with Crippen molar-refractivity contribution in [2.24, 2.45) is 30.2 Å². The van der Waals surface area contributed by atoms with Crippen molar-refractivity contribution < 1.29 is 14.2 Å². The van der Waals surface area contributed by atoms with Gasteiger partial charge in [-0.05, 0) is 56.3 Å². The Labute approximate surface area is 136 Å². The van der Waals surface area contributed by atoms with Crippen LogP contribution in [-0.2, 0) is 11.8 Å². The molecule has 4 aliphatic carbocycles. The van der Waals surface area contributed by atoms with Crippen LogP contribution in [0.1, 0.15) is 48.9 Å². The molecule has 2 N–H and O–H groups in total. The van der Waals surface area contributed by atoms with Crippen LogP contribution >= 0.6 is 0 Å². The summed E-state index contributed by atoms with van der Waals surface area (Å²) in [4.78, 5) is 24.9. The Morgan fingerprint density at radius 2 is 1.52 bits per heavy atom. The summed E-state index contributed by atoms with van der Waals surface area (Å²) in [6.45, 7) is 0. The van der Waals surface area contributed by atoms with E-state index < -0.39 is 0 Å². The SMILES string of the molecule is C[n+]1ccc(C(=O)NNC(=O)C23CC4CC(CC(C4)C2)C3)cc1. The first kappa shape index (κ1) is 14.7. The third-order valence-electron chi connectivity index (χ3n) is 6.05. The molecule has 0 radical (unpaired) electrons. The average Bonchev–Trinajstić information content (AvgIpc) is 2.51. The lowest BCUT2D eigenvalue weighted by atomic mass is 9.49. The highest BCUT2D eigenvalue weighted by Crippen LogP contribution is 2.59. The molecule has 0 saturated heterocycles. The van der Waals surface area contributed by atoms with E-state index in [2.05, 4.69) is 10.9 Å². The van der Waals surface area contributed by atoms with Crippen molar-refractivity contribution in [2.75, 3.05) is 0 Å². The molecule has 1 heterocycles. The third-order valence-corrected chi connectivity index (χ3v) is 6.05. The number of hydrazine groups is 1. The van der Waals surface area contributed by atoms with Gasteiger partial charge in [-0.2, -0.15) is 0 Å². The molecule has 0 spiro atoms. The molecule has 1 aromatic rings. The highest BCUT2D eigenvalue weighted by atomic mass is 16.2. The topological polar surface area (TPSA) is 62.1 Å². The minimum atomic E-state index is -0.260. The molecule has 0 aliphatic heterocycles. The van der Waals surface area contributed by atoms with E-state index in [1.807, 2.05) is 24.0 Å². The standard InChI is InChI=1S/C18H23N3O2/c1-21-4-2-15(3-5-21)16(22)19-20-17(23)18-9-12-6-13(10-18)8-14(7-12)11-18/h2-5,12-14,22H,6-11H2,1H3/p+1. The van der Waals surface area contributed by atoms with Gasteiger partial charge in [-0.3, -0.25) is 20.4 Å². The van der Waals surface area contributed by atoms with Crippen molar-refractivity contribution in [3.8, 4) is 0 Å². The van der Waals surface area contributed by atoms with Gasteiger partial charge in [0.05, 0.1) is 11.0 Å². The number of aryl methyl sites for hydroxylation is 1. The first-order chi connectivity index (χ1) is 11.0. The normalized spacial score (nSPS) is 34.2. The van der Waals surface area contributed by atoms with Gasteiger partial charge in [0.15, 0.2) is 12.4 Å². The molecule has 5 nitrogen and oxygen atoms in total. The highest BCUT2D eigenvalue weighted by molar-refractivity contribution is 5.95. The maximum absolute atomic E-state index is 12.8. The van der Waals surface area contributed by atoms with Crippen LogP contribution in [-0.4, -0.2) is 11.8 Å². The molecule has 5 heteroatoms. The minimum Gasteiger partial charge on any atom is -0.273 e. The van der Waals surface area contributed by atoms with Gasteiger partial charge in [-0.1, -0.05) is 0 Å². The lowest BCUT2D eigenvalue weighted by Gasteiger charge is -2.55. The number of rotatable bonds is 2. The van der Waals surface area contributed by atoms with E-state index in [9.17, 15) is 9.59 Å². The molecular formula is C18H24N3O2+. The lowest BCUT2D eigenvalue weighted by molar-refractivity contribution is -0.671. The van der Waals surface area contributed by atoms with Crippen LogP contribution < -0.4 is 15.4 Å². The smallest absolute Gasteiger partial charge is 0.270 e. The van der Waals surface area contributed by atoms with Gasteiger partial charge < -0.3 is 0 Å². The molecule has 4 aliphatic rings. The fourth-order valence-corrected chi connectivity index (χ4v) is 5.36. The van der Waals surface area contributed by atoms with E-state index in [0.717, 1.165) is 37.0 Å². The van der Waals surface area contributed by atoms with Crippen molar-refractivity contribution >= 4 is 11.8 Å². The van der Waals surface area contributed by atoms with Crippen LogP contribution in [0.5, 0.6) is 0 Å². The fraction of sp³-hybridized carbons (Fsp3) is 0.611. The minimum absolute atomic E-state index is 0.0198. The van der Waals surface area contributed by atoms with E-state index >= 15 is 0 Å². The molecule has 1 aromatic heterocycles. The Morgan fingerprint density at radius 1 is 1.00 bits per heavy atom. The van der Waals surface area contributed by atoms with Crippen molar-refractivity contribution in [3.63, 3.8) is 0 Å². The van der Waals surface area contributed by atoms with Crippen LogP contribution in [0.3, 0.4) is 0 Å². The van der Waals surface area contributed by atoms with E-state index in [1.165, 1.54) is 19.3 Å². The Bertz CT molecular complexity index is 603. The Kier molecular flexibility index (Phi) is 3.39. The van der Waals surface area contributed by atoms with Crippen molar-refractivity contribution in [1.82, 2.24) is 10.9 Å². The van der Waals surface area contributed by atoms with Gasteiger partial charge in [-0.15, -0.1) is 0 Å². The maximum Gasteiger partial charge on any atom is 0.270 e. The number of nitrogens with zero attached hydrogens (tertiary/aromatic N) is 1. The Morgan fingerprint density at radius 3 is 2.04 bits per heavy atom. The predicted octanol–water partition coefficient (Wildman–Crippen LogP) is 1.49. The fourth-order valence-electron chi connectivity index (χ4n) is 5.36. The summed E-state index contributed by atoms with van der Waals surface area (Å²) < 4.78 is 1.87. The van der Waals surface area contributed by atoms with Crippen molar-refractivity contribution in [2.45, 2.75) is 38.5 Å². The summed E-state index contributed by atoms with van der Waals surface area (Å²) in [6, 6.07) is 3.48. The number of hydrogen-bond donors (Lipinski definition) is 2. The van der Waals surface area contributed by atoms with Gasteiger partial charge in [-0.25, -0.2) is 4.57 Å². The van der Waals surface area contributed by atoms with E-state index in [0.29, 0.717) is 5.56 Å². The molecule has 4 saturated carbocycles. The number of nitrogens with one attached hydrogen (secondary N) is 2. The monoisotopic (exact) mass is 314 g/mol. The number of hydrogen-bond acceptors (Lipinski definition) is 2. The third kappa shape index (κ3) is 2.62. The summed E-state index contributed by atoms with van der Waals surface area (Å²) in [5, 5.41) is 0. The molecule has 0 unspecified atom stereocenters. The quantitative estimate of drug-likeness (QED) is 0.642. The second kappa shape index (κ2) is 5.32. The second-order valence-corrected chi connectivity index (χ2v) is 7.86. The number of carbonyl (C=O) groups is 2. The van der Waals surface area contributed by atoms with Gasteiger partial charge in [0.1, 0.15) is 7.05 Å². The summed E-state index contributed by atoms with van der Waals surface area (Å²) in [6.07, 6.45) is 10.6. The van der Waals surface area contributed by atoms with Gasteiger partial charge in [0.25, 0.3) is 5.91 Å². The van der Waals surface area contributed by atoms with Gasteiger partial charge in [0.2, 0.25) is 5.91 Å². The average molecular weight is 314 g/mol. The van der Waals surface area contributed by atoms with E-state index in [4.69, 9.17) is 0 Å². The second-order valence-electron chi connectivity index (χ2n) is 7.86. The van der Waals surface area contributed by atoms with Crippen LogP contribution in [0.2, 0.25) is 0 Å². The molecule has 5 rings (SSSR count). The lowest BCUT2D eigenvalue weighted by Crippen LogP contribution is -2.56. The number of aromatic nitrogens is 1. The molecule has 2 amide bonds. The van der Waals surface area contributed by atoms with Crippen LogP contribution in [0, 0.1) is 23.2 Å². The molecule has 0 aromatic carbocycles. The van der Waals surface area contributed by atoms with E-state index in [-0.39, 0.29) is 17.2 Å². The Balaban J connectivity index is 1.40. The Hall–Kier alpha value is -1.91. The van der Waals surface area contributed by atoms with Crippen molar-refractivity contribution in [3.05, 3.63) is 30.1 Å². The number of amides is 2. The van der Waals surface area contributed by atoms with E-state index in [1.54, 1.807) is 12.1 Å². The molecule has 23 heavy (non-hydrogen) atoms. The summed E-state index contributed by atoms with van der Waals surface area (Å²) in [5.41, 5.74) is 5.62. The van der Waals surface area contributed by atoms with Crippen LogP contribution in [0.25, 0.3) is 0 Å². The number of pyridine rings is 1. The predicted molar refractivity (Wildman–Crippen MR) is 83.8 cm³/mol. The number of carbonyl (C=O) groups excluding carboxylic acids is 2. The molecule has 4 bridgehead atoms. The molecule has 122 valence electrons. The summed E-state index contributed by atoms with van der Waals surface area (Å²) in [7, 11) is 1.90. The summed E-state index contributed by atoms with van der Waals surface area (Å²) >= 11 is 0. The highest BCUT2D eigenvalue weighted by Gasteiger charge is 2.54. The molecular weight excluding hydrogens is 290 g/mol. The first-order valence-electron chi connectivity index (χ1n) is 8.60. The van der Waals surface area contributed by atoms with Crippen LogP contribution in [0.4, 0.5) is 0 Å². The zero-order chi connectivity index (χ0) is 16.0. The first-order valence-corrected chi connectivity index (χ1v) is 8.60. The van der Waals surface area contributed by atoms with Gasteiger partial charge >= 0.3 is 0 Å². The largest absolute Gasteiger partial charge is 0.273 e. The van der Waals surface area contributed by atoms with Crippen molar-refractivity contribution in [1.29, 1.82) is 0 Å². The summed E-state index contributed by atoms with van der Waals surface area (Å²) in [5.74, 6) is 1.92.